The van der Waals surface area contributed by atoms with Crippen LogP contribution in [0.1, 0.15) is 43.0 Å². The molecule has 0 saturated carbocycles. The monoisotopic (exact) mass is 334 g/mol. The van der Waals surface area contributed by atoms with Crippen molar-refractivity contribution in [1.82, 2.24) is 19.5 Å². The molecule has 1 fully saturated rings. The smallest absolute Gasteiger partial charge is 0.259 e. The first kappa shape index (κ1) is 15.8. The van der Waals surface area contributed by atoms with Gasteiger partial charge in [-0.05, 0) is 31.7 Å². The topological polar surface area (TPSA) is 50.5 Å². The molecule has 1 atom stereocenters. The number of aromatic nitrogens is 3. The van der Waals surface area contributed by atoms with Crippen molar-refractivity contribution in [2.45, 2.75) is 38.6 Å². The van der Waals surface area contributed by atoms with Gasteiger partial charge in [0.1, 0.15) is 5.56 Å². The maximum Gasteiger partial charge on any atom is 0.259 e. The number of hydrogen-bond donors (Lipinski definition) is 0. The molecule has 3 heterocycles. The molecule has 0 aliphatic carbocycles. The standard InChI is InChI=1S/C20H22N4O/c1-2-16-10-6-7-13-23(16)20(25)17-14-22-24-18(11-12-21-19(17)24)15-8-4-3-5-9-15/h3-5,8-9,11-12,14,16H,2,6-7,10,13H2,1H3. The number of hydrogen-bond acceptors (Lipinski definition) is 3. The summed E-state index contributed by atoms with van der Waals surface area (Å²) < 4.78 is 1.77. The van der Waals surface area contributed by atoms with E-state index in [1.165, 1.54) is 6.42 Å². The number of rotatable bonds is 3. The van der Waals surface area contributed by atoms with Crippen molar-refractivity contribution in [3.63, 3.8) is 0 Å². The van der Waals surface area contributed by atoms with Crippen LogP contribution in [0.15, 0.2) is 48.8 Å². The second kappa shape index (κ2) is 6.67. The molecule has 1 aliphatic rings. The van der Waals surface area contributed by atoms with Crippen molar-refractivity contribution in [2.24, 2.45) is 0 Å². The Bertz CT molecular complexity index is 887. The molecule has 0 spiro atoms. The fraction of sp³-hybridized carbons (Fsp3) is 0.350. The van der Waals surface area contributed by atoms with E-state index in [1.54, 1.807) is 16.9 Å². The molecular formula is C20H22N4O. The lowest BCUT2D eigenvalue weighted by molar-refractivity contribution is 0.0610. The van der Waals surface area contributed by atoms with Crippen LogP contribution >= 0.6 is 0 Å². The molecule has 5 heteroatoms. The van der Waals surface area contributed by atoms with E-state index in [9.17, 15) is 4.79 Å². The average molecular weight is 334 g/mol. The van der Waals surface area contributed by atoms with E-state index in [0.29, 0.717) is 17.3 Å². The maximum absolute atomic E-state index is 13.1. The molecule has 0 radical (unpaired) electrons. The van der Waals surface area contributed by atoms with Crippen molar-refractivity contribution in [3.8, 4) is 11.3 Å². The summed E-state index contributed by atoms with van der Waals surface area (Å²) in [5.41, 5.74) is 3.22. The highest BCUT2D eigenvalue weighted by Gasteiger charge is 2.28. The third-order valence-corrected chi connectivity index (χ3v) is 5.06. The zero-order valence-corrected chi connectivity index (χ0v) is 14.4. The summed E-state index contributed by atoms with van der Waals surface area (Å²) in [6.07, 6.45) is 7.78. The first-order valence-electron chi connectivity index (χ1n) is 8.98. The summed E-state index contributed by atoms with van der Waals surface area (Å²) in [5, 5.41) is 4.47. The van der Waals surface area contributed by atoms with Crippen LogP contribution in [0.3, 0.4) is 0 Å². The summed E-state index contributed by atoms with van der Waals surface area (Å²) >= 11 is 0. The molecule has 2 aromatic heterocycles. The Morgan fingerprint density at radius 2 is 2.04 bits per heavy atom. The Morgan fingerprint density at radius 3 is 2.84 bits per heavy atom. The van der Waals surface area contributed by atoms with Gasteiger partial charge in [0.05, 0.1) is 11.9 Å². The van der Waals surface area contributed by atoms with Crippen LogP contribution in [0.25, 0.3) is 16.9 Å². The van der Waals surface area contributed by atoms with Gasteiger partial charge in [0.15, 0.2) is 5.65 Å². The van der Waals surface area contributed by atoms with Crippen LogP contribution in [0, 0.1) is 0 Å². The molecule has 3 aromatic rings. The van der Waals surface area contributed by atoms with E-state index in [4.69, 9.17) is 0 Å². The summed E-state index contributed by atoms with van der Waals surface area (Å²) in [4.78, 5) is 19.6. The number of amides is 1. The average Bonchev–Trinajstić information content (AvgIpc) is 3.12. The quantitative estimate of drug-likeness (QED) is 0.732. The van der Waals surface area contributed by atoms with Crippen LogP contribution in [0.4, 0.5) is 0 Å². The minimum Gasteiger partial charge on any atom is -0.336 e. The second-order valence-corrected chi connectivity index (χ2v) is 6.55. The second-order valence-electron chi connectivity index (χ2n) is 6.55. The van der Waals surface area contributed by atoms with E-state index >= 15 is 0 Å². The van der Waals surface area contributed by atoms with E-state index < -0.39 is 0 Å². The lowest BCUT2D eigenvalue weighted by atomic mass is 9.99. The van der Waals surface area contributed by atoms with Crippen molar-refractivity contribution in [2.75, 3.05) is 6.54 Å². The highest BCUT2D eigenvalue weighted by atomic mass is 16.2. The summed E-state index contributed by atoms with van der Waals surface area (Å²) in [5.74, 6) is 0.0549. The highest BCUT2D eigenvalue weighted by Crippen LogP contribution is 2.25. The Kier molecular flexibility index (Phi) is 4.22. The van der Waals surface area contributed by atoms with Crippen LogP contribution in [-0.4, -0.2) is 38.0 Å². The van der Waals surface area contributed by atoms with Gasteiger partial charge in [0.2, 0.25) is 0 Å². The predicted molar refractivity (Wildman–Crippen MR) is 97.4 cm³/mol. The van der Waals surface area contributed by atoms with Gasteiger partial charge in [-0.3, -0.25) is 4.79 Å². The molecule has 4 rings (SSSR count). The molecule has 25 heavy (non-hydrogen) atoms. The lowest BCUT2D eigenvalue weighted by Gasteiger charge is -2.35. The van der Waals surface area contributed by atoms with Gasteiger partial charge in [-0.2, -0.15) is 5.10 Å². The molecule has 1 aliphatic heterocycles. The van der Waals surface area contributed by atoms with Crippen LogP contribution in [0.5, 0.6) is 0 Å². The zero-order chi connectivity index (χ0) is 17.2. The van der Waals surface area contributed by atoms with Gasteiger partial charge in [0, 0.05) is 24.3 Å². The normalized spacial score (nSPS) is 17.8. The first-order chi connectivity index (χ1) is 12.3. The van der Waals surface area contributed by atoms with Gasteiger partial charge in [-0.1, -0.05) is 37.3 Å². The Labute approximate surface area is 147 Å². The maximum atomic E-state index is 13.1. The van der Waals surface area contributed by atoms with E-state index in [1.807, 2.05) is 41.3 Å². The summed E-state index contributed by atoms with van der Waals surface area (Å²) in [7, 11) is 0. The molecule has 1 aromatic carbocycles. The minimum atomic E-state index is 0.0549. The van der Waals surface area contributed by atoms with E-state index in [0.717, 1.165) is 37.1 Å². The molecule has 1 amide bonds. The number of piperidine rings is 1. The highest BCUT2D eigenvalue weighted by molar-refractivity contribution is 6.00. The van der Waals surface area contributed by atoms with Crippen molar-refractivity contribution in [3.05, 3.63) is 54.4 Å². The van der Waals surface area contributed by atoms with E-state index in [2.05, 4.69) is 17.0 Å². The number of fused-ring (bicyclic) bond motifs is 1. The minimum absolute atomic E-state index is 0.0549. The first-order valence-corrected chi connectivity index (χ1v) is 8.98. The molecule has 5 nitrogen and oxygen atoms in total. The third-order valence-electron chi connectivity index (χ3n) is 5.06. The number of carbonyl (C=O) groups is 1. The fourth-order valence-corrected chi connectivity index (χ4v) is 3.72. The number of likely N-dealkylation sites (tertiary alicyclic amines) is 1. The van der Waals surface area contributed by atoms with Crippen molar-refractivity contribution < 1.29 is 4.79 Å². The van der Waals surface area contributed by atoms with Crippen LogP contribution in [-0.2, 0) is 0 Å². The summed E-state index contributed by atoms with van der Waals surface area (Å²) in [6, 6.07) is 12.3. The zero-order valence-electron chi connectivity index (χ0n) is 14.4. The Hall–Kier alpha value is -2.69. The third kappa shape index (κ3) is 2.80. The molecular weight excluding hydrogens is 312 g/mol. The van der Waals surface area contributed by atoms with Gasteiger partial charge in [-0.15, -0.1) is 0 Å². The van der Waals surface area contributed by atoms with Gasteiger partial charge in [-0.25, -0.2) is 9.50 Å². The van der Waals surface area contributed by atoms with E-state index in [-0.39, 0.29) is 5.91 Å². The van der Waals surface area contributed by atoms with Gasteiger partial charge < -0.3 is 4.90 Å². The van der Waals surface area contributed by atoms with Crippen molar-refractivity contribution in [1.29, 1.82) is 0 Å². The predicted octanol–water partition coefficient (Wildman–Crippen LogP) is 3.80. The van der Waals surface area contributed by atoms with Crippen molar-refractivity contribution >= 4 is 11.6 Å². The molecule has 1 unspecified atom stereocenters. The summed E-state index contributed by atoms with van der Waals surface area (Å²) in [6.45, 7) is 2.98. The van der Waals surface area contributed by atoms with Gasteiger partial charge in [0.25, 0.3) is 5.91 Å². The molecule has 0 bridgehead atoms. The Balaban J connectivity index is 1.75. The van der Waals surface area contributed by atoms with Crippen LogP contribution < -0.4 is 0 Å². The largest absolute Gasteiger partial charge is 0.336 e. The molecule has 128 valence electrons. The lowest BCUT2D eigenvalue weighted by Crippen LogP contribution is -2.43. The number of nitrogens with zero attached hydrogens (tertiary/aromatic N) is 4. The van der Waals surface area contributed by atoms with Gasteiger partial charge >= 0.3 is 0 Å². The fourth-order valence-electron chi connectivity index (χ4n) is 3.72. The Morgan fingerprint density at radius 1 is 1.20 bits per heavy atom. The van der Waals surface area contributed by atoms with Crippen LogP contribution in [0.2, 0.25) is 0 Å². The SMILES string of the molecule is CCC1CCCCN1C(=O)c1cnn2c(-c3ccccc3)ccnc12. The molecule has 0 N–H and O–H groups in total. The number of benzene rings is 1. The number of carbonyl (C=O) groups excluding carboxylic acids is 1. The molecule has 1 saturated heterocycles.